The third kappa shape index (κ3) is 1.34. The van der Waals surface area contributed by atoms with E-state index in [1.165, 1.54) is 0 Å². The molecule has 1 fully saturated rings. The molecule has 86 valence electrons. The van der Waals surface area contributed by atoms with Crippen LogP contribution in [0.15, 0.2) is 54.1 Å². The lowest BCUT2D eigenvalue weighted by molar-refractivity contribution is 0.0909. The van der Waals surface area contributed by atoms with Crippen molar-refractivity contribution in [2.75, 3.05) is 0 Å². The van der Waals surface area contributed by atoms with Gasteiger partial charge in [0.05, 0.1) is 0 Å². The number of epoxide rings is 1. The van der Waals surface area contributed by atoms with Crippen LogP contribution in [0.25, 0.3) is 0 Å². The van der Waals surface area contributed by atoms with Crippen LogP contribution >= 0.6 is 0 Å². The summed E-state index contributed by atoms with van der Waals surface area (Å²) in [5.74, 6) is 0.0456. The van der Waals surface area contributed by atoms with Crippen LogP contribution in [0.4, 0.5) is 0 Å². The zero-order valence-corrected chi connectivity index (χ0v) is 9.94. The normalized spacial score (nSPS) is 33.9. The number of carbonyl (C=O) groups excluding carboxylic acids is 1. The van der Waals surface area contributed by atoms with Gasteiger partial charge in [-0.05, 0) is 26.0 Å². The molecular formula is C15H14O2. The highest BCUT2D eigenvalue weighted by Gasteiger charge is 2.69. The standard InChI is InChI=1S/C15H14O2/c1-11-8-9-14(2)15(10-11,17-14)13(16)12-6-4-3-5-7-12/h3-10H,1-2H3. The van der Waals surface area contributed by atoms with Gasteiger partial charge in [0.1, 0.15) is 5.60 Å². The highest BCUT2D eigenvalue weighted by molar-refractivity contribution is 6.07. The van der Waals surface area contributed by atoms with Gasteiger partial charge in [-0.3, -0.25) is 4.79 Å². The quantitative estimate of drug-likeness (QED) is 0.573. The van der Waals surface area contributed by atoms with E-state index >= 15 is 0 Å². The number of hydrogen-bond donors (Lipinski definition) is 0. The van der Waals surface area contributed by atoms with Crippen molar-refractivity contribution in [3.8, 4) is 0 Å². The fourth-order valence-electron chi connectivity index (χ4n) is 2.44. The van der Waals surface area contributed by atoms with Gasteiger partial charge in [0.15, 0.2) is 5.60 Å². The van der Waals surface area contributed by atoms with Crippen molar-refractivity contribution in [1.82, 2.24) is 0 Å². The molecule has 2 unspecified atom stereocenters. The zero-order chi connectivity index (χ0) is 12.1. The topological polar surface area (TPSA) is 29.6 Å². The number of allylic oxidation sites excluding steroid dienone is 2. The molecule has 2 nitrogen and oxygen atoms in total. The number of Topliss-reactive ketones (excluding diaryl/α,β-unsaturated/α-hetero) is 1. The molecule has 2 heteroatoms. The van der Waals surface area contributed by atoms with E-state index < -0.39 is 11.2 Å². The summed E-state index contributed by atoms with van der Waals surface area (Å²) in [6.45, 7) is 3.94. The molecule has 1 aromatic rings. The van der Waals surface area contributed by atoms with Gasteiger partial charge in [-0.1, -0.05) is 42.0 Å². The predicted molar refractivity (Wildman–Crippen MR) is 65.9 cm³/mol. The summed E-state index contributed by atoms with van der Waals surface area (Å²) in [6, 6.07) is 9.32. The first-order chi connectivity index (χ1) is 8.07. The minimum absolute atomic E-state index is 0.0456. The van der Waals surface area contributed by atoms with E-state index in [1.807, 2.05) is 62.4 Å². The molecule has 0 radical (unpaired) electrons. The van der Waals surface area contributed by atoms with Crippen molar-refractivity contribution in [3.05, 3.63) is 59.7 Å². The van der Waals surface area contributed by atoms with Crippen LogP contribution in [0.2, 0.25) is 0 Å². The molecule has 1 saturated heterocycles. The van der Waals surface area contributed by atoms with Gasteiger partial charge in [-0.25, -0.2) is 0 Å². The van der Waals surface area contributed by atoms with Crippen LogP contribution in [0.5, 0.6) is 0 Å². The smallest absolute Gasteiger partial charge is 0.201 e. The van der Waals surface area contributed by atoms with E-state index in [1.54, 1.807) is 0 Å². The highest BCUT2D eigenvalue weighted by atomic mass is 16.6. The minimum atomic E-state index is -0.771. The lowest BCUT2D eigenvalue weighted by Crippen LogP contribution is -2.31. The Morgan fingerprint density at radius 3 is 2.65 bits per heavy atom. The zero-order valence-electron chi connectivity index (χ0n) is 9.94. The van der Waals surface area contributed by atoms with Gasteiger partial charge in [0.25, 0.3) is 0 Å². The van der Waals surface area contributed by atoms with Gasteiger partial charge in [0.2, 0.25) is 5.78 Å². The van der Waals surface area contributed by atoms with Crippen molar-refractivity contribution in [1.29, 1.82) is 0 Å². The van der Waals surface area contributed by atoms with Gasteiger partial charge >= 0.3 is 0 Å². The molecule has 2 atom stereocenters. The second-order valence-electron chi connectivity index (χ2n) is 4.86. The first kappa shape index (κ1) is 10.5. The molecule has 0 aromatic heterocycles. The number of hydrogen-bond acceptors (Lipinski definition) is 2. The van der Waals surface area contributed by atoms with Crippen molar-refractivity contribution >= 4 is 5.78 Å². The van der Waals surface area contributed by atoms with E-state index in [2.05, 4.69) is 0 Å². The Labute approximate surface area is 101 Å². The minimum Gasteiger partial charge on any atom is -0.345 e. The van der Waals surface area contributed by atoms with E-state index in [-0.39, 0.29) is 5.78 Å². The van der Waals surface area contributed by atoms with Gasteiger partial charge in [-0.15, -0.1) is 0 Å². The lowest BCUT2D eigenvalue weighted by atomic mass is 9.82. The number of benzene rings is 1. The lowest BCUT2D eigenvalue weighted by Gasteiger charge is -2.14. The third-order valence-corrected chi connectivity index (χ3v) is 3.54. The molecule has 0 bridgehead atoms. The van der Waals surface area contributed by atoms with E-state index in [0.717, 1.165) is 5.57 Å². The summed E-state index contributed by atoms with van der Waals surface area (Å²) < 4.78 is 5.73. The number of rotatable bonds is 2. The summed E-state index contributed by atoms with van der Waals surface area (Å²) in [6.07, 6.45) is 5.91. The second-order valence-corrected chi connectivity index (χ2v) is 4.86. The number of ether oxygens (including phenoxy) is 1. The Morgan fingerprint density at radius 2 is 1.94 bits per heavy atom. The van der Waals surface area contributed by atoms with Gasteiger partial charge < -0.3 is 4.74 Å². The predicted octanol–water partition coefficient (Wildman–Crippen LogP) is 2.91. The van der Waals surface area contributed by atoms with Crippen molar-refractivity contribution < 1.29 is 9.53 Å². The van der Waals surface area contributed by atoms with Crippen LogP contribution < -0.4 is 0 Å². The maximum atomic E-state index is 12.5. The number of ketones is 1. The Balaban J connectivity index is 2.02. The summed E-state index contributed by atoms with van der Waals surface area (Å²) in [7, 11) is 0. The van der Waals surface area contributed by atoms with Crippen molar-refractivity contribution in [2.45, 2.75) is 25.0 Å². The third-order valence-electron chi connectivity index (χ3n) is 3.54. The summed E-state index contributed by atoms with van der Waals surface area (Å²) >= 11 is 0. The largest absolute Gasteiger partial charge is 0.345 e. The Kier molecular flexibility index (Phi) is 1.96. The molecule has 1 aliphatic heterocycles. The molecule has 17 heavy (non-hydrogen) atoms. The monoisotopic (exact) mass is 226 g/mol. The first-order valence-corrected chi connectivity index (χ1v) is 5.76. The Morgan fingerprint density at radius 1 is 1.24 bits per heavy atom. The van der Waals surface area contributed by atoms with E-state index in [4.69, 9.17) is 4.74 Å². The molecule has 0 saturated carbocycles. The summed E-state index contributed by atoms with van der Waals surface area (Å²) in [5, 5.41) is 0. The summed E-state index contributed by atoms with van der Waals surface area (Å²) in [4.78, 5) is 12.5. The molecule has 3 rings (SSSR count). The maximum absolute atomic E-state index is 12.5. The van der Waals surface area contributed by atoms with Crippen LogP contribution in [-0.2, 0) is 4.74 Å². The average molecular weight is 226 g/mol. The van der Waals surface area contributed by atoms with E-state index in [9.17, 15) is 4.79 Å². The van der Waals surface area contributed by atoms with Crippen LogP contribution in [0.3, 0.4) is 0 Å². The Bertz CT molecular complexity index is 541. The van der Waals surface area contributed by atoms with Crippen molar-refractivity contribution in [2.24, 2.45) is 0 Å². The van der Waals surface area contributed by atoms with E-state index in [0.29, 0.717) is 5.56 Å². The molecule has 0 N–H and O–H groups in total. The number of fused-ring (bicyclic) bond motifs is 1. The van der Waals surface area contributed by atoms with Gasteiger partial charge in [0, 0.05) is 5.56 Å². The fourth-order valence-corrected chi connectivity index (χ4v) is 2.44. The molecule has 2 aliphatic rings. The molecule has 1 aliphatic carbocycles. The fraction of sp³-hybridized carbons (Fsp3) is 0.267. The van der Waals surface area contributed by atoms with Crippen molar-refractivity contribution in [3.63, 3.8) is 0 Å². The SMILES string of the molecule is CC1=CC2(C(=O)c3ccccc3)OC2(C)C=C1. The number of carbonyl (C=O) groups is 1. The second kappa shape index (κ2) is 3.17. The van der Waals surface area contributed by atoms with Crippen LogP contribution in [-0.4, -0.2) is 17.0 Å². The average Bonchev–Trinajstić information content (AvgIpc) is 2.96. The van der Waals surface area contributed by atoms with Crippen LogP contribution in [0.1, 0.15) is 24.2 Å². The molecule has 1 aromatic carbocycles. The first-order valence-electron chi connectivity index (χ1n) is 5.76. The highest BCUT2D eigenvalue weighted by Crippen LogP contribution is 2.54. The summed E-state index contributed by atoms with van der Waals surface area (Å²) in [5.41, 5.74) is 0.548. The Hall–Kier alpha value is -1.67. The van der Waals surface area contributed by atoms with Crippen LogP contribution in [0, 0.1) is 0 Å². The molecular weight excluding hydrogens is 212 g/mol. The maximum Gasteiger partial charge on any atom is 0.201 e. The van der Waals surface area contributed by atoms with Gasteiger partial charge in [-0.2, -0.15) is 0 Å². The molecule has 1 heterocycles. The molecule has 0 amide bonds. The molecule has 0 spiro atoms.